The Hall–Kier alpha value is -2.55. The average molecular weight is 401 g/mol. The fourth-order valence-corrected chi connectivity index (χ4v) is 2.42. The normalized spacial score (nSPS) is 10.3. The second kappa shape index (κ2) is 7.35. The predicted octanol–water partition coefficient (Wildman–Crippen LogP) is 3.96. The smallest absolute Gasteiger partial charge is 0.272 e. The van der Waals surface area contributed by atoms with Crippen LogP contribution in [0.25, 0.3) is 0 Å². The molecule has 2 rings (SSSR count). The first kappa shape index (κ1) is 17.8. The van der Waals surface area contributed by atoms with Crippen LogP contribution < -0.4 is 10.1 Å². The summed E-state index contributed by atoms with van der Waals surface area (Å²) in [6.07, 6.45) is 0. The molecule has 0 unspecified atom stereocenters. The molecule has 0 aromatic heterocycles. The number of nitro benzene ring substituents is 1. The van der Waals surface area contributed by atoms with Crippen molar-refractivity contribution in [2.45, 2.75) is 6.92 Å². The lowest BCUT2D eigenvalue weighted by Crippen LogP contribution is -2.21. The first-order chi connectivity index (χ1) is 11.3. The van der Waals surface area contributed by atoms with Gasteiger partial charge in [-0.3, -0.25) is 14.9 Å². The van der Waals surface area contributed by atoms with Gasteiger partial charge in [-0.15, -0.1) is 0 Å². The maximum absolute atomic E-state index is 13.6. The molecule has 1 N–H and O–H groups in total. The van der Waals surface area contributed by atoms with Gasteiger partial charge in [0.25, 0.3) is 11.6 Å². The van der Waals surface area contributed by atoms with Crippen molar-refractivity contribution in [1.82, 2.24) is 0 Å². The SMILES string of the molecule is Cc1cc(OCC(=O)Nc2c(F)cc(F)cc2Br)ccc1[N+](=O)[O-]. The summed E-state index contributed by atoms with van der Waals surface area (Å²) in [5, 5.41) is 13.0. The van der Waals surface area contributed by atoms with Gasteiger partial charge in [-0.05, 0) is 41.1 Å². The summed E-state index contributed by atoms with van der Waals surface area (Å²) in [5.41, 5.74) is 0.110. The van der Waals surface area contributed by atoms with Gasteiger partial charge in [0.15, 0.2) is 12.4 Å². The van der Waals surface area contributed by atoms with Crippen molar-refractivity contribution in [2.75, 3.05) is 11.9 Å². The Balaban J connectivity index is 2.02. The standard InChI is InChI=1S/C15H11BrF2N2O4/c1-8-4-10(2-3-13(8)20(22)23)24-7-14(21)19-15-11(16)5-9(17)6-12(15)18/h2-6H,7H2,1H3,(H,19,21). The third-order valence-electron chi connectivity index (χ3n) is 3.01. The van der Waals surface area contributed by atoms with Gasteiger partial charge in [0.1, 0.15) is 11.6 Å². The minimum absolute atomic E-state index is 0.0551. The Morgan fingerprint density at radius 1 is 1.33 bits per heavy atom. The number of nitrogens with zero attached hydrogens (tertiary/aromatic N) is 1. The molecule has 0 fully saturated rings. The highest BCUT2D eigenvalue weighted by Gasteiger charge is 2.14. The quantitative estimate of drug-likeness (QED) is 0.608. The van der Waals surface area contributed by atoms with Crippen LogP contribution in [0.3, 0.4) is 0 Å². The van der Waals surface area contributed by atoms with E-state index < -0.39 is 29.1 Å². The molecule has 1 amide bonds. The number of aryl methyl sites for hydroxylation is 1. The number of carbonyl (C=O) groups is 1. The third kappa shape index (κ3) is 4.25. The van der Waals surface area contributed by atoms with E-state index in [2.05, 4.69) is 21.2 Å². The molecular weight excluding hydrogens is 390 g/mol. The first-order valence-electron chi connectivity index (χ1n) is 6.60. The zero-order valence-corrected chi connectivity index (χ0v) is 13.9. The van der Waals surface area contributed by atoms with Crippen LogP contribution in [0.5, 0.6) is 5.75 Å². The Labute approximate surface area is 143 Å². The summed E-state index contributed by atoms with van der Waals surface area (Å²) in [7, 11) is 0. The highest BCUT2D eigenvalue weighted by molar-refractivity contribution is 9.10. The van der Waals surface area contributed by atoms with Crippen molar-refractivity contribution >= 4 is 33.2 Å². The molecular formula is C15H11BrF2N2O4. The number of nitro groups is 1. The van der Waals surface area contributed by atoms with Crippen LogP contribution in [0.15, 0.2) is 34.8 Å². The van der Waals surface area contributed by atoms with Crippen molar-refractivity contribution in [1.29, 1.82) is 0 Å². The number of hydrogen-bond donors (Lipinski definition) is 1. The number of benzene rings is 2. The van der Waals surface area contributed by atoms with Crippen LogP contribution in [0.4, 0.5) is 20.2 Å². The van der Waals surface area contributed by atoms with Gasteiger partial charge >= 0.3 is 0 Å². The monoisotopic (exact) mass is 400 g/mol. The van der Waals surface area contributed by atoms with Crippen molar-refractivity contribution in [2.24, 2.45) is 0 Å². The summed E-state index contributed by atoms with van der Waals surface area (Å²) in [4.78, 5) is 22.0. The molecule has 2 aromatic carbocycles. The van der Waals surface area contributed by atoms with Gasteiger partial charge in [0.2, 0.25) is 0 Å². The molecule has 2 aromatic rings. The average Bonchev–Trinajstić information content (AvgIpc) is 2.48. The van der Waals surface area contributed by atoms with E-state index in [0.29, 0.717) is 11.6 Å². The number of hydrogen-bond acceptors (Lipinski definition) is 4. The number of amides is 1. The fourth-order valence-electron chi connectivity index (χ4n) is 1.91. The molecule has 0 bridgehead atoms. The van der Waals surface area contributed by atoms with Gasteiger partial charge in [-0.25, -0.2) is 8.78 Å². The lowest BCUT2D eigenvalue weighted by molar-refractivity contribution is -0.385. The minimum atomic E-state index is -0.929. The summed E-state index contributed by atoms with van der Waals surface area (Å²) in [5.74, 6) is -2.12. The molecule has 0 saturated heterocycles. The number of halogens is 3. The molecule has 0 saturated carbocycles. The highest BCUT2D eigenvalue weighted by atomic mass is 79.9. The van der Waals surface area contributed by atoms with Crippen LogP contribution in [-0.2, 0) is 4.79 Å². The van der Waals surface area contributed by atoms with E-state index in [-0.39, 0.29) is 21.6 Å². The third-order valence-corrected chi connectivity index (χ3v) is 3.63. The van der Waals surface area contributed by atoms with E-state index in [1.54, 1.807) is 0 Å². The Morgan fingerprint density at radius 2 is 2.04 bits per heavy atom. The molecule has 0 radical (unpaired) electrons. The van der Waals surface area contributed by atoms with Gasteiger partial charge < -0.3 is 10.1 Å². The van der Waals surface area contributed by atoms with Gasteiger partial charge in [0.05, 0.1) is 10.6 Å². The van der Waals surface area contributed by atoms with E-state index in [4.69, 9.17) is 4.74 Å². The largest absolute Gasteiger partial charge is 0.484 e. The van der Waals surface area contributed by atoms with Crippen LogP contribution in [0, 0.1) is 28.7 Å². The molecule has 0 heterocycles. The molecule has 126 valence electrons. The van der Waals surface area contributed by atoms with Crippen molar-refractivity contribution < 1.29 is 23.2 Å². The second-order valence-corrected chi connectivity index (χ2v) is 5.64. The van der Waals surface area contributed by atoms with Gasteiger partial charge in [0, 0.05) is 22.2 Å². The lowest BCUT2D eigenvalue weighted by Gasteiger charge is -2.10. The van der Waals surface area contributed by atoms with Crippen LogP contribution in [-0.4, -0.2) is 17.4 Å². The zero-order chi connectivity index (χ0) is 17.9. The van der Waals surface area contributed by atoms with Crippen LogP contribution in [0.1, 0.15) is 5.56 Å². The summed E-state index contributed by atoms with van der Waals surface area (Å²) >= 11 is 2.95. The summed E-state index contributed by atoms with van der Waals surface area (Å²) in [6, 6.07) is 5.69. The van der Waals surface area contributed by atoms with Crippen LogP contribution >= 0.6 is 15.9 Å². The van der Waals surface area contributed by atoms with Crippen molar-refractivity contribution in [3.05, 3.63) is 62.1 Å². The molecule has 24 heavy (non-hydrogen) atoms. The lowest BCUT2D eigenvalue weighted by atomic mass is 10.2. The topological polar surface area (TPSA) is 81.5 Å². The Bertz CT molecular complexity index is 791. The molecule has 0 atom stereocenters. The summed E-state index contributed by atoms with van der Waals surface area (Å²) < 4.78 is 31.9. The van der Waals surface area contributed by atoms with E-state index in [1.165, 1.54) is 25.1 Å². The maximum atomic E-state index is 13.6. The summed E-state index contributed by atoms with van der Waals surface area (Å²) in [6.45, 7) is 1.09. The molecule has 0 aliphatic heterocycles. The van der Waals surface area contributed by atoms with E-state index in [1.807, 2.05) is 0 Å². The van der Waals surface area contributed by atoms with E-state index >= 15 is 0 Å². The Morgan fingerprint density at radius 3 is 2.62 bits per heavy atom. The van der Waals surface area contributed by atoms with Gasteiger partial charge in [-0.2, -0.15) is 0 Å². The highest BCUT2D eigenvalue weighted by Crippen LogP contribution is 2.27. The number of anilines is 1. The Kier molecular flexibility index (Phi) is 5.45. The molecule has 0 aliphatic rings. The molecule has 0 spiro atoms. The molecule has 9 heteroatoms. The van der Waals surface area contributed by atoms with Gasteiger partial charge in [-0.1, -0.05) is 0 Å². The number of nitrogens with one attached hydrogen (secondary N) is 1. The number of rotatable bonds is 5. The van der Waals surface area contributed by atoms with Crippen molar-refractivity contribution in [3.8, 4) is 5.75 Å². The van der Waals surface area contributed by atoms with E-state index in [9.17, 15) is 23.7 Å². The predicted molar refractivity (Wildman–Crippen MR) is 86.0 cm³/mol. The van der Waals surface area contributed by atoms with E-state index in [0.717, 1.165) is 6.07 Å². The van der Waals surface area contributed by atoms with Crippen molar-refractivity contribution in [3.63, 3.8) is 0 Å². The number of carbonyl (C=O) groups excluding carboxylic acids is 1. The maximum Gasteiger partial charge on any atom is 0.272 e. The fraction of sp³-hybridized carbons (Fsp3) is 0.133. The molecule has 6 nitrogen and oxygen atoms in total. The number of ether oxygens (including phenoxy) is 1. The zero-order valence-electron chi connectivity index (χ0n) is 12.3. The second-order valence-electron chi connectivity index (χ2n) is 4.79. The molecule has 0 aliphatic carbocycles. The minimum Gasteiger partial charge on any atom is -0.484 e. The first-order valence-corrected chi connectivity index (χ1v) is 7.39. The van der Waals surface area contributed by atoms with Crippen LogP contribution in [0.2, 0.25) is 0 Å².